The van der Waals surface area contributed by atoms with Gasteiger partial charge in [-0.05, 0) is 0 Å². The topological polar surface area (TPSA) is 0 Å². The minimum atomic E-state index is 1.05. The molecule has 0 fully saturated rings. The molecule has 0 radical (unpaired) electrons. The van der Waals surface area contributed by atoms with Crippen LogP contribution in [-0.4, -0.2) is 7.80 Å². The SMILES string of the molecule is [W]=[C]1c2ccccc2-c2cc3c(cc21)-c1cc2c(cc1C3)-c1ccccc1[C]2=[W]. The predicted octanol–water partition coefficient (Wildman–Crippen LogP) is 5.45. The Morgan fingerprint density at radius 1 is 0.414 bits per heavy atom. The number of rotatable bonds is 0. The van der Waals surface area contributed by atoms with Crippen LogP contribution in [0.2, 0.25) is 0 Å². The van der Waals surface area contributed by atoms with E-state index in [-0.39, 0.29) is 0 Å². The van der Waals surface area contributed by atoms with Crippen LogP contribution >= 0.6 is 0 Å². The van der Waals surface area contributed by atoms with Crippen molar-refractivity contribution in [3.05, 3.63) is 106 Å². The zero-order valence-corrected chi connectivity index (χ0v) is 21.3. The third kappa shape index (κ3) is 2.12. The molecule has 0 nitrogen and oxygen atoms in total. The molecule has 0 amide bonds. The molecule has 7 rings (SSSR count). The van der Waals surface area contributed by atoms with Crippen LogP contribution < -0.4 is 0 Å². The second kappa shape index (κ2) is 5.78. The first-order chi connectivity index (χ1) is 14.2. The Bertz CT molecular complexity index is 1340. The van der Waals surface area contributed by atoms with E-state index in [9.17, 15) is 0 Å². The minimum absolute atomic E-state index is 1.05. The molecule has 3 aliphatic rings. The fraction of sp³-hybridized carbons (Fsp3) is 0.0370. The molecule has 0 unspecified atom stereocenters. The van der Waals surface area contributed by atoms with Gasteiger partial charge in [0.1, 0.15) is 0 Å². The van der Waals surface area contributed by atoms with E-state index in [2.05, 4.69) is 72.8 Å². The summed E-state index contributed by atoms with van der Waals surface area (Å²) in [5.41, 5.74) is 17.3. The molecule has 134 valence electrons. The summed E-state index contributed by atoms with van der Waals surface area (Å²) in [6.07, 6.45) is 1.05. The van der Waals surface area contributed by atoms with Gasteiger partial charge in [0.15, 0.2) is 0 Å². The number of hydrogen-bond acceptors (Lipinski definition) is 0. The van der Waals surface area contributed by atoms with Crippen LogP contribution in [0.15, 0.2) is 72.8 Å². The molecule has 0 saturated heterocycles. The van der Waals surface area contributed by atoms with E-state index in [1.807, 2.05) is 0 Å². The van der Waals surface area contributed by atoms with Crippen molar-refractivity contribution in [3.63, 3.8) is 0 Å². The standard InChI is InChI=1S/C27H14.2W/c1-3-7-22-16(5-1)9-18-14-26-20(12-24(18)22)11-21-13-25-19(15-27(21)26)10-17-6-2-4-8-23(17)25;;/h1-8,12-15H,11H2;;. The third-order valence-electron chi connectivity index (χ3n) is 6.57. The molecule has 0 aromatic heterocycles. The van der Waals surface area contributed by atoms with Gasteiger partial charge in [-0.1, -0.05) is 0 Å². The summed E-state index contributed by atoms with van der Waals surface area (Å²) in [4.78, 5) is 0. The van der Waals surface area contributed by atoms with Crippen LogP contribution in [0, 0.1) is 0 Å². The monoisotopic (exact) mass is 706 g/mol. The Kier molecular flexibility index (Phi) is 3.34. The van der Waals surface area contributed by atoms with Gasteiger partial charge in [-0.25, -0.2) is 0 Å². The van der Waals surface area contributed by atoms with Crippen LogP contribution in [0.3, 0.4) is 0 Å². The van der Waals surface area contributed by atoms with E-state index in [0.29, 0.717) is 0 Å². The van der Waals surface area contributed by atoms with Crippen molar-refractivity contribution in [2.75, 3.05) is 0 Å². The zero-order valence-electron chi connectivity index (χ0n) is 15.5. The van der Waals surface area contributed by atoms with Crippen LogP contribution in [0.4, 0.5) is 0 Å². The van der Waals surface area contributed by atoms with Crippen molar-refractivity contribution in [2.45, 2.75) is 6.42 Å². The van der Waals surface area contributed by atoms with Gasteiger partial charge in [0.25, 0.3) is 0 Å². The maximum absolute atomic E-state index is 2.48. The quantitative estimate of drug-likeness (QED) is 0.197. The van der Waals surface area contributed by atoms with E-state index >= 15 is 0 Å². The summed E-state index contributed by atoms with van der Waals surface area (Å²) in [6, 6.07) is 27.7. The molecular weight excluding hydrogens is 692 g/mol. The van der Waals surface area contributed by atoms with Crippen molar-refractivity contribution < 1.29 is 38.7 Å². The first-order valence-electron chi connectivity index (χ1n) is 9.83. The first-order valence-corrected chi connectivity index (χ1v) is 12.8. The van der Waals surface area contributed by atoms with E-state index in [1.54, 1.807) is 38.7 Å². The summed E-state index contributed by atoms with van der Waals surface area (Å²) in [5, 5.41) is 0. The van der Waals surface area contributed by atoms with E-state index in [4.69, 9.17) is 0 Å². The Morgan fingerprint density at radius 2 is 0.828 bits per heavy atom. The zero-order chi connectivity index (χ0) is 19.3. The second-order valence-corrected chi connectivity index (χ2v) is 11.0. The van der Waals surface area contributed by atoms with Gasteiger partial charge in [-0.2, -0.15) is 0 Å². The van der Waals surface area contributed by atoms with E-state index in [0.717, 1.165) is 6.42 Å². The van der Waals surface area contributed by atoms with Gasteiger partial charge in [-0.3, -0.25) is 0 Å². The average Bonchev–Trinajstić information content (AvgIpc) is 3.35. The van der Waals surface area contributed by atoms with Gasteiger partial charge in [-0.15, -0.1) is 0 Å². The van der Waals surface area contributed by atoms with Crippen molar-refractivity contribution in [2.24, 2.45) is 0 Å². The Morgan fingerprint density at radius 3 is 1.28 bits per heavy atom. The summed E-state index contributed by atoms with van der Waals surface area (Å²) >= 11 is 3.11. The molecule has 0 heterocycles. The molecule has 0 saturated carbocycles. The number of fused-ring (bicyclic) bond motifs is 9. The van der Waals surface area contributed by atoms with Gasteiger partial charge < -0.3 is 0 Å². The van der Waals surface area contributed by atoms with Gasteiger partial charge >= 0.3 is 192 Å². The molecule has 2 heteroatoms. The molecule has 0 spiro atoms. The molecular formula is C27H14W2. The summed E-state index contributed by atoms with van der Waals surface area (Å²) in [6.45, 7) is 0. The summed E-state index contributed by atoms with van der Waals surface area (Å²) in [5.74, 6) is 0. The van der Waals surface area contributed by atoms with Crippen molar-refractivity contribution in [1.29, 1.82) is 0 Å². The Balaban J connectivity index is 1.44. The fourth-order valence-electron chi connectivity index (χ4n) is 5.23. The van der Waals surface area contributed by atoms with Crippen molar-refractivity contribution in [1.82, 2.24) is 0 Å². The third-order valence-corrected chi connectivity index (χ3v) is 9.73. The number of hydrogen-bond donors (Lipinski definition) is 0. The van der Waals surface area contributed by atoms with Crippen LogP contribution in [0.1, 0.15) is 33.4 Å². The van der Waals surface area contributed by atoms with Crippen LogP contribution in [-0.2, 0) is 45.1 Å². The van der Waals surface area contributed by atoms with Crippen LogP contribution in [0.5, 0.6) is 0 Å². The number of benzene rings is 4. The van der Waals surface area contributed by atoms with Gasteiger partial charge in [0, 0.05) is 0 Å². The Labute approximate surface area is 191 Å². The fourth-order valence-corrected chi connectivity index (χ4v) is 7.72. The average molecular weight is 706 g/mol. The first kappa shape index (κ1) is 16.8. The van der Waals surface area contributed by atoms with Gasteiger partial charge in [0.05, 0.1) is 0 Å². The molecule has 0 N–H and O–H groups in total. The Hall–Kier alpha value is -2.00. The van der Waals surface area contributed by atoms with Crippen molar-refractivity contribution in [3.8, 4) is 33.4 Å². The molecule has 4 aromatic carbocycles. The second-order valence-electron chi connectivity index (χ2n) is 8.04. The predicted molar refractivity (Wildman–Crippen MR) is 112 cm³/mol. The molecule has 29 heavy (non-hydrogen) atoms. The maximum atomic E-state index is 2.48. The molecule has 3 aliphatic carbocycles. The van der Waals surface area contributed by atoms with E-state index in [1.165, 1.54) is 74.6 Å². The van der Waals surface area contributed by atoms with Crippen LogP contribution in [0.25, 0.3) is 33.4 Å². The normalized spacial score (nSPS) is 14.2. The van der Waals surface area contributed by atoms with E-state index < -0.39 is 0 Å². The summed E-state index contributed by atoms with van der Waals surface area (Å²) in [7, 11) is 0. The summed E-state index contributed by atoms with van der Waals surface area (Å²) < 4.78 is 2.99. The molecule has 4 aromatic rings. The molecule has 0 aliphatic heterocycles. The van der Waals surface area contributed by atoms with Gasteiger partial charge in [0.2, 0.25) is 0 Å². The molecule has 0 bridgehead atoms. The molecule has 0 atom stereocenters. The van der Waals surface area contributed by atoms with Crippen molar-refractivity contribution >= 4 is 7.80 Å².